The van der Waals surface area contributed by atoms with Crippen molar-refractivity contribution in [3.05, 3.63) is 16.7 Å². The van der Waals surface area contributed by atoms with Crippen molar-refractivity contribution in [1.29, 1.82) is 0 Å². The molecular weight excluding hydrogens is 250 g/mol. The molecule has 2 rings (SSSR count). The molecule has 0 spiro atoms. The molecule has 0 amide bonds. The number of nitrogens with zero attached hydrogens (tertiary/aromatic N) is 2. The third-order valence-corrected chi connectivity index (χ3v) is 4.59. The molecule has 0 radical (unpaired) electrons. The summed E-state index contributed by atoms with van der Waals surface area (Å²) in [6, 6.07) is 0. The lowest BCUT2D eigenvalue weighted by atomic mass is 10.3. The molecule has 6 heteroatoms. The maximum atomic E-state index is 12.1. The smallest absolute Gasteiger partial charge is 0.173 e. The van der Waals surface area contributed by atoms with Gasteiger partial charge in [-0.2, -0.15) is 8.78 Å². The number of allylic oxidation sites excluding steroid dienone is 1. The van der Waals surface area contributed by atoms with Gasteiger partial charge in [-0.25, -0.2) is 0 Å². The molecule has 88 valence electrons. The number of halogens is 2. The van der Waals surface area contributed by atoms with E-state index in [2.05, 4.69) is 10.2 Å². The summed E-state index contributed by atoms with van der Waals surface area (Å²) in [5.41, 5.74) is 0.166. The third-order valence-electron chi connectivity index (χ3n) is 2.37. The second kappa shape index (κ2) is 5.23. The lowest BCUT2D eigenvalue weighted by Crippen LogP contribution is -1.83. The lowest BCUT2D eigenvalue weighted by molar-refractivity contribution is 0.409. The van der Waals surface area contributed by atoms with Gasteiger partial charge < -0.3 is 0 Å². The molecule has 1 saturated carbocycles. The fourth-order valence-electron chi connectivity index (χ4n) is 1.16. The average molecular weight is 262 g/mol. The molecular formula is C10H12F2N2S2. The van der Waals surface area contributed by atoms with Gasteiger partial charge in [-0.05, 0) is 31.8 Å². The van der Waals surface area contributed by atoms with E-state index in [9.17, 15) is 8.78 Å². The summed E-state index contributed by atoms with van der Waals surface area (Å²) in [5.74, 6) is 1.26. The van der Waals surface area contributed by atoms with E-state index >= 15 is 0 Å². The van der Waals surface area contributed by atoms with Crippen molar-refractivity contribution in [2.45, 2.75) is 36.4 Å². The number of thioether (sulfide) groups is 1. The Kier molecular flexibility index (Phi) is 3.91. The first kappa shape index (κ1) is 12.0. The van der Waals surface area contributed by atoms with Crippen LogP contribution in [-0.2, 0) is 0 Å². The second-order valence-corrected chi connectivity index (χ2v) is 6.17. The molecule has 0 saturated heterocycles. The van der Waals surface area contributed by atoms with Crippen LogP contribution in [0.25, 0.3) is 0 Å². The number of hydrogen-bond acceptors (Lipinski definition) is 4. The molecule has 1 heterocycles. The molecule has 0 aliphatic heterocycles. The molecule has 2 nitrogen and oxygen atoms in total. The molecule has 1 aromatic heterocycles. The molecule has 16 heavy (non-hydrogen) atoms. The minimum atomic E-state index is -1.56. The van der Waals surface area contributed by atoms with Gasteiger partial charge in [0.05, 0.1) is 0 Å². The van der Waals surface area contributed by atoms with Crippen LogP contribution >= 0.6 is 23.1 Å². The average Bonchev–Trinajstić information content (AvgIpc) is 2.99. The summed E-state index contributed by atoms with van der Waals surface area (Å²) in [6.07, 6.45) is 1.28. The highest BCUT2D eigenvalue weighted by atomic mass is 32.2. The first-order valence-electron chi connectivity index (χ1n) is 5.13. The van der Waals surface area contributed by atoms with Crippen molar-refractivity contribution >= 4 is 23.1 Å². The Morgan fingerprint density at radius 2 is 2.19 bits per heavy atom. The third kappa shape index (κ3) is 3.25. The fraction of sp³-hybridized carbons (Fsp3) is 0.600. The number of hydrogen-bond donors (Lipinski definition) is 0. The predicted octanol–water partition coefficient (Wildman–Crippen LogP) is 4.07. The van der Waals surface area contributed by atoms with Crippen molar-refractivity contribution in [2.75, 3.05) is 5.75 Å². The van der Waals surface area contributed by atoms with Gasteiger partial charge >= 0.3 is 0 Å². The number of rotatable bonds is 5. The van der Waals surface area contributed by atoms with E-state index in [4.69, 9.17) is 0 Å². The summed E-state index contributed by atoms with van der Waals surface area (Å²) in [6.45, 7) is 1.46. The first-order valence-corrected chi connectivity index (χ1v) is 6.94. The highest BCUT2D eigenvalue weighted by Gasteiger charge is 2.27. The summed E-state index contributed by atoms with van der Waals surface area (Å²) in [5, 5.41) is 9.25. The van der Waals surface area contributed by atoms with Crippen molar-refractivity contribution in [3.63, 3.8) is 0 Å². The molecule has 1 fully saturated rings. The molecule has 0 atom stereocenters. The molecule has 1 aliphatic rings. The van der Waals surface area contributed by atoms with E-state index < -0.39 is 6.08 Å². The second-order valence-electron chi connectivity index (χ2n) is 3.82. The van der Waals surface area contributed by atoms with Gasteiger partial charge in [0.15, 0.2) is 4.34 Å². The van der Waals surface area contributed by atoms with Crippen molar-refractivity contribution in [2.24, 2.45) is 0 Å². The molecule has 0 N–H and O–H groups in total. The molecule has 0 bridgehead atoms. The van der Waals surface area contributed by atoms with Crippen molar-refractivity contribution < 1.29 is 8.78 Å². The van der Waals surface area contributed by atoms with Gasteiger partial charge in [0, 0.05) is 11.7 Å². The van der Waals surface area contributed by atoms with Gasteiger partial charge in [-0.1, -0.05) is 23.1 Å². The van der Waals surface area contributed by atoms with E-state index in [0.29, 0.717) is 18.1 Å². The van der Waals surface area contributed by atoms with Gasteiger partial charge in [0.25, 0.3) is 6.08 Å². The quantitative estimate of drug-likeness (QED) is 0.748. The Balaban J connectivity index is 1.78. The Bertz CT molecular complexity index is 395. The maximum Gasteiger partial charge on any atom is 0.269 e. The summed E-state index contributed by atoms with van der Waals surface area (Å²) in [4.78, 5) is 0. The summed E-state index contributed by atoms with van der Waals surface area (Å²) >= 11 is 3.11. The number of aromatic nitrogens is 2. The van der Waals surface area contributed by atoms with E-state index in [1.54, 1.807) is 11.3 Å². The zero-order chi connectivity index (χ0) is 11.5. The molecule has 0 unspecified atom stereocenters. The lowest BCUT2D eigenvalue weighted by Gasteiger charge is -1.97. The Morgan fingerprint density at radius 3 is 2.81 bits per heavy atom. The maximum absolute atomic E-state index is 12.1. The zero-order valence-electron chi connectivity index (χ0n) is 8.87. The van der Waals surface area contributed by atoms with Crippen LogP contribution in [0, 0.1) is 0 Å². The molecule has 1 aromatic rings. The Labute approximate surface area is 101 Å². The van der Waals surface area contributed by atoms with Crippen LogP contribution in [0.2, 0.25) is 0 Å². The summed E-state index contributed by atoms with van der Waals surface area (Å²) < 4.78 is 25.1. The Morgan fingerprint density at radius 1 is 1.44 bits per heavy atom. The topological polar surface area (TPSA) is 25.8 Å². The monoisotopic (exact) mass is 262 g/mol. The van der Waals surface area contributed by atoms with Gasteiger partial charge in [-0.3, -0.25) is 0 Å². The SMILES string of the molecule is CC(CCSc1nnc(C2CC2)s1)=C(F)F. The zero-order valence-corrected chi connectivity index (χ0v) is 10.5. The fourth-order valence-corrected chi connectivity index (χ4v) is 3.33. The van der Waals surface area contributed by atoms with E-state index in [0.717, 1.165) is 9.35 Å². The largest absolute Gasteiger partial charge is 0.269 e. The van der Waals surface area contributed by atoms with Crippen LogP contribution < -0.4 is 0 Å². The predicted molar refractivity (Wildman–Crippen MR) is 62.1 cm³/mol. The van der Waals surface area contributed by atoms with Crippen LogP contribution in [0.1, 0.15) is 37.1 Å². The van der Waals surface area contributed by atoms with E-state index in [-0.39, 0.29) is 5.57 Å². The van der Waals surface area contributed by atoms with Crippen LogP contribution in [-0.4, -0.2) is 16.0 Å². The highest BCUT2D eigenvalue weighted by Crippen LogP contribution is 2.42. The van der Waals surface area contributed by atoms with Crippen LogP contribution in [0.5, 0.6) is 0 Å². The molecule has 0 aromatic carbocycles. The van der Waals surface area contributed by atoms with Crippen LogP contribution in [0.15, 0.2) is 16.0 Å². The minimum Gasteiger partial charge on any atom is -0.173 e. The van der Waals surface area contributed by atoms with Gasteiger partial charge in [-0.15, -0.1) is 10.2 Å². The van der Waals surface area contributed by atoms with E-state index in [1.165, 1.54) is 31.5 Å². The van der Waals surface area contributed by atoms with Crippen LogP contribution in [0.4, 0.5) is 8.78 Å². The Hall–Kier alpha value is -0.490. The van der Waals surface area contributed by atoms with Crippen molar-refractivity contribution in [3.8, 4) is 0 Å². The molecule has 1 aliphatic carbocycles. The van der Waals surface area contributed by atoms with E-state index in [1.807, 2.05) is 0 Å². The standard InChI is InChI=1S/C10H12F2N2S2/c1-6(8(11)12)4-5-15-10-14-13-9(16-10)7-2-3-7/h7H,2-5H2,1H3. The van der Waals surface area contributed by atoms with Crippen LogP contribution in [0.3, 0.4) is 0 Å². The summed E-state index contributed by atoms with van der Waals surface area (Å²) in [7, 11) is 0. The van der Waals surface area contributed by atoms with Crippen molar-refractivity contribution in [1.82, 2.24) is 10.2 Å². The first-order chi connectivity index (χ1) is 7.66. The highest BCUT2D eigenvalue weighted by molar-refractivity contribution is 8.01. The normalized spacial score (nSPS) is 15.2. The minimum absolute atomic E-state index is 0.166. The van der Waals surface area contributed by atoms with Gasteiger partial charge in [0.1, 0.15) is 5.01 Å². The van der Waals surface area contributed by atoms with Gasteiger partial charge in [0.2, 0.25) is 0 Å².